The van der Waals surface area contributed by atoms with Gasteiger partial charge in [0.05, 0.1) is 29.3 Å². The van der Waals surface area contributed by atoms with Gasteiger partial charge in [-0.2, -0.15) is 5.10 Å². The number of pyridine rings is 2. The zero-order valence-corrected chi connectivity index (χ0v) is 25.6. The molecule has 1 aliphatic rings. The number of ether oxygens (including phenoxy) is 1. The van der Waals surface area contributed by atoms with Gasteiger partial charge in [0.1, 0.15) is 23.9 Å². The molecule has 0 spiro atoms. The lowest BCUT2D eigenvalue weighted by atomic mass is 9.97. The van der Waals surface area contributed by atoms with Crippen molar-refractivity contribution in [2.45, 2.75) is 18.9 Å². The van der Waals surface area contributed by atoms with Gasteiger partial charge in [-0.25, -0.2) is 4.39 Å². The van der Waals surface area contributed by atoms with Crippen molar-refractivity contribution in [3.8, 4) is 39.5 Å². The molecule has 9 nitrogen and oxygen atoms in total. The molecular weight excluding hydrogens is 567 g/mol. The molecule has 10 heteroatoms. The van der Waals surface area contributed by atoms with Crippen LogP contribution in [0.5, 0.6) is 5.75 Å². The van der Waals surface area contributed by atoms with Crippen molar-refractivity contribution in [2.75, 3.05) is 46.9 Å². The molecule has 1 aliphatic heterocycles. The molecule has 0 aliphatic carbocycles. The van der Waals surface area contributed by atoms with Gasteiger partial charge in [-0.05, 0) is 99.2 Å². The molecule has 0 amide bonds. The number of nitrogens with two attached hydrogens (primary N) is 1. The maximum Gasteiger partial charge on any atom is 0.138 e. The number of aromatic amines is 2. The Balaban J connectivity index is 1.19. The van der Waals surface area contributed by atoms with Crippen LogP contribution in [0.3, 0.4) is 0 Å². The van der Waals surface area contributed by atoms with Crippen LogP contribution in [-0.2, 0) is 0 Å². The summed E-state index contributed by atoms with van der Waals surface area (Å²) in [5, 5.41) is 9.67. The summed E-state index contributed by atoms with van der Waals surface area (Å²) in [6.07, 6.45) is 7.87. The number of hydrogen-bond donors (Lipinski definition) is 3. The van der Waals surface area contributed by atoms with Gasteiger partial charge < -0.3 is 20.4 Å². The first-order valence-corrected chi connectivity index (χ1v) is 15.4. The predicted octanol–water partition coefficient (Wildman–Crippen LogP) is 6.01. The molecule has 230 valence electrons. The molecule has 1 fully saturated rings. The number of rotatable bonds is 10. The van der Waals surface area contributed by atoms with Crippen LogP contribution in [0.4, 0.5) is 4.39 Å². The van der Waals surface area contributed by atoms with E-state index < -0.39 is 0 Å². The Kier molecular flexibility index (Phi) is 8.01. The fourth-order valence-electron chi connectivity index (χ4n) is 6.23. The van der Waals surface area contributed by atoms with Crippen LogP contribution in [0.1, 0.15) is 24.4 Å². The lowest BCUT2D eigenvalue weighted by Gasteiger charge is -2.18. The quantitative estimate of drug-likeness (QED) is 0.176. The van der Waals surface area contributed by atoms with E-state index in [0.29, 0.717) is 13.2 Å². The molecule has 4 aromatic heterocycles. The molecule has 0 bridgehead atoms. The van der Waals surface area contributed by atoms with Crippen molar-refractivity contribution in [3.63, 3.8) is 0 Å². The van der Waals surface area contributed by atoms with Gasteiger partial charge in [-0.15, -0.1) is 0 Å². The Morgan fingerprint density at radius 3 is 2.69 bits per heavy atom. The van der Waals surface area contributed by atoms with E-state index in [1.165, 1.54) is 18.9 Å². The first kappa shape index (κ1) is 29.1. The molecule has 45 heavy (non-hydrogen) atoms. The minimum atomic E-state index is -0.307. The van der Waals surface area contributed by atoms with Crippen molar-refractivity contribution in [1.82, 2.24) is 34.9 Å². The number of H-pyrrole nitrogens is 2. The number of benzene rings is 2. The van der Waals surface area contributed by atoms with Gasteiger partial charge in [0, 0.05) is 47.2 Å². The summed E-state index contributed by atoms with van der Waals surface area (Å²) < 4.78 is 20.9. The Labute approximate surface area is 261 Å². The van der Waals surface area contributed by atoms with Crippen LogP contribution in [-0.4, -0.2) is 81.8 Å². The van der Waals surface area contributed by atoms with E-state index in [4.69, 9.17) is 10.5 Å². The summed E-state index contributed by atoms with van der Waals surface area (Å²) in [4.78, 5) is 17.1. The molecule has 5 heterocycles. The highest BCUT2D eigenvalue weighted by molar-refractivity contribution is 6.01. The smallest absolute Gasteiger partial charge is 0.138 e. The van der Waals surface area contributed by atoms with Crippen LogP contribution in [0.15, 0.2) is 73.2 Å². The van der Waals surface area contributed by atoms with E-state index in [1.807, 2.05) is 55.4 Å². The molecular formula is C35H37FN8O. The number of nitrogens with zero attached hydrogens (tertiary/aromatic N) is 5. The molecule has 0 saturated carbocycles. The van der Waals surface area contributed by atoms with Crippen LogP contribution < -0.4 is 10.5 Å². The number of aromatic nitrogens is 5. The topological polar surface area (TPSA) is 112 Å². The molecule has 0 radical (unpaired) electrons. The minimum Gasteiger partial charge on any atom is -0.491 e. The third-order valence-electron chi connectivity index (χ3n) is 8.47. The number of halogens is 1. The van der Waals surface area contributed by atoms with Crippen molar-refractivity contribution in [1.29, 1.82) is 0 Å². The van der Waals surface area contributed by atoms with Gasteiger partial charge in [0.25, 0.3) is 0 Å². The lowest BCUT2D eigenvalue weighted by molar-refractivity contribution is 0.237. The van der Waals surface area contributed by atoms with Crippen LogP contribution in [0, 0.1) is 5.82 Å². The van der Waals surface area contributed by atoms with Crippen molar-refractivity contribution < 1.29 is 9.13 Å². The number of likely N-dealkylation sites (tertiary alicyclic amines) is 1. The summed E-state index contributed by atoms with van der Waals surface area (Å²) in [7, 11) is 3.92. The third-order valence-corrected chi connectivity index (χ3v) is 8.47. The van der Waals surface area contributed by atoms with E-state index in [9.17, 15) is 4.39 Å². The normalized spacial score (nSPS) is 14.6. The van der Waals surface area contributed by atoms with Crippen LogP contribution in [0.2, 0.25) is 0 Å². The molecule has 7 rings (SSSR count). The summed E-state index contributed by atoms with van der Waals surface area (Å²) >= 11 is 0. The second-order valence-corrected chi connectivity index (χ2v) is 12.1. The van der Waals surface area contributed by atoms with Gasteiger partial charge in [-0.3, -0.25) is 20.0 Å². The summed E-state index contributed by atoms with van der Waals surface area (Å²) in [5.41, 5.74) is 13.9. The van der Waals surface area contributed by atoms with Crippen LogP contribution in [0.25, 0.3) is 55.6 Å². The lowest BCUT2D eigenvalue weighted by Crippen LogP contribution is -2.26. The van der Waals surface area contributed by atoms with Crippen molar-refractivity contribution in [2.24, 2.45) is 5.73 Å². The first-order valence-electron chi connectivity index (χ1n) is 15.4. The molecule has 4 N–H and O–H groups in total. The second-order valence-electron chi connectivity index (χ2n) is 12.1. The fraction of sp³-hybridized carbons (Fsp3) is 0.286. The van der Waals surface area contributed by atoms with E-state index in [-0.39, 0.29) is 11.9 Å². The molecule has 1 saturated heterocycles. The average Bonchev–Trinajstić information content (AvgIpc) is 3.80. The standard InChI is InChI=1S/C35H37FN8O/c1-43(2)21-30(37)23-12-22(13-25(36)14-23)27-6-5-7-31-28(27)16-33(40-31)35-29-17-32(39-20-34(29)41-42-35)24-15-26(19-38-18-24)45-11-10-44-8-3-4-9-44/h5-7,12-20,30,40H,3-4,8-11,21,37H2,1-2H3,(H,41,42). The minimum absolute atomic E-state index is 0.300. The fourth-order valence-corrected chi connectivity index (χ4v) is 6.23. The Morgan fingerprint density at radius 1 is 0.978 bits per heavy atom. The largest absolute Gasteiger partial charge is 0.491 e. The van der Waals surface area contributed by atoms with E-state index >= 15 is 0 Å². The highest BCUT2D eigenvalue weighted by Gasteiger charge is 2.17. The summed E-state index contributed by atoms with van der Waals surface area (Å²) in [5.74, 6) is 0.422. The first-order chi connectivity index (χ1) is 21.9. The number of nitrogens with one attached hydrogen (secondary N) is 2. The van der Waals surface area contributed by atoms with E-state index in [1.54, 1.807) is 24.7 Å². The maximum atomic E-state index is 14.8. The Bertz CT molecular complexity index is 1960. The maximum absolute atomic E-state index is 14.8. The van der Waals surface area contributed by atoms with Crippen molar-refractivity contribution in [3.05, 3.63) is 84.6 Å². The highest BCUT2D eigenvalue weighted by Crippen LogP contribution is 2.36. The number of fused-ring (bicyclic) bond motifs is 2. The molecule has 6 aromatic rings. The zero-order chi connectivity index (χ0) is 30.9. The summed E-state index contributed by atoms with van der Waals surface area (Å²) in [6.45, 7) is 4.47. The van der Waals surface area contributed by atoms with Crippen LogP contribution >= 0.6 is 0 Å². The monoisotopic (exact) mass is 604 g/mol. The van der Waals surface area contributed by atoms with Gasteiger partial charge in [0.15, 0.2) is 0 Å². The van der Waals surface area contributed by atoms with E-state index in [0.717, 1.165) is 86.5 Å². The number of hydrogen-bond acceptors (Lipinski definition) is 7. The second kappa shape index (κ2) is 12.4. The highest BCUT2D eigenvalue weighted by atomic mass is 19.1. The number of likely N-dealkylation sites (N-methyl/N-ethyl adjacent to an activating group) is 1. The molecule has 2 aromatic carbocycles. The zero-order valence-electron chi connectivity index (χ0n) is 25.6. The molecule has 1 atom stereocenters. The average molecular weight is 605 g/mol. The van der Waals surface area contributed by atoms with Gasteiger partial charge in [-0.1, -0.05) is 12.1 Å². The van der Waals surface area contributed by atoms with E-state index in [2.05, 4.69) is 36.1 Å². The molecule has 1 unspecified atom stereocenters. The Hall–Kier alpha value is -4.64. The summed E-state index contributed by atoms with van der Waals surface area (Å²) in [6, 6.07) is 16.8. The van der Waals surface area contributed by atoms with Gasteiger partial charge in [0.2, 0.25) is 0 Å². The third kappa shape index (κ3) is 6.17. The van der Waals surface area contributed by atoms with Gasteiger partial charge >= 0.3 is 0 Å². The Morgan fingerprint density at radius 2 is 1.84 bits per heavy atom. The van der Waals surface area contributed by atoms with Crippen molar-refractivity contribution >= 4 is 21.8 Å². The SMILES string of the molecule is CN(C)CC(N)c1cc(F)cc(-c2cccc3[nH]c(-c4n[nH]c5cnc(-c6cncc(OCCN7CCCC7)c6)cc45)cc23)c1. The predicted molar refractivity (Wildman–Crippen MR) is 176 cm³/mol.